The largest absolute Gasteiger partial charge is 0.439 e. The molecule has 10 heteroatoms. The predicted octanol–water partition coefficient (Wildman–Crippen LogP) is 4.80. The summed E-state index contributed by atoms with van der Waals surface area (Å²) in [7, 11) is 0. The average molecular weight is 563 g/mol. The van der Waals surface area contributed by atoms with Gasteiger partial charge in [0.05, 0.1) is 17.5 Å². The molecule has 1 unspecified atom stereocenters. The molecule has 1 atom stereocenters. The van der Waals surface area contributed by atoms with Crippen molar-refractivity contribution in [1.82, 2.24) is 29.3 Å². The maximum atomic E-state index is 14.2. The highest BCUT2D eigenvalue weighted by atomic mass is 16.5. The Balaban J connectivity index is 1.43. The van der Waals surface area contributed by atoms with Crippen LogP contribution in [0.25, 0.3) is 34.0 Å². The molecule has 0 aliphatic rings. The van der Waals surface area contributed by atoms with E-state index in [0.717, 1.165) is 39.9 Å². The highest BCUT2D eigenvalue weighted by Crippen LogP contribution is 2.30. The van der Waals surface area contributed by atoms with Crippen molar-refractivity contribution >= 4 is 5.78 Å². The van der Waals surface area contributed by atoms with Crippen LogP contribution in [-0.4, -0.2) is 34.4 Å². The number of benzene rings is 3. The van der Waals surface area contributed by atoms with Gasteiger partial charge in [0.2, 0.25) is 5.78 Å². The van der Waals surface area contributed by atoms with Crippen LogP contribution in [0, 0.1) is 6.92 Å². The van der Waals surface area contributed by atoms with Crippen LogP contribution in [0.4, 0.5) is 0 Å². The van der Waals surface area contributed by atoms with Crippen LogP contribution in [0.5, 0.6) is 0 Å². The fraction of sp³-hybridized carbons (Fsp3) is 0.219. The van der Waals surface area contributed by atoms with Crippen LogP contribution < -0.4 is 11.3 Å². The van der Waals surface area contributed by atoms with Crippen LogP contribution in [0.2, 0.25) is 0 Å². The van der Waals surface area contributed by atoms with E-state index < -0.39 is 11.9 Å². The van der Waals surface area contributed by atoms with Gasteiger partial charge in [0.25, 0.3) is 5.56 Å². The van der Waals surface area contributed by atoms with Gasteiger partial charge in [-0.3, -0.25) is 14.3 Å². The van der Waals surface area contributed by atoms with Gasteiger partial charge in [-0.25, -0.2) is 13.9 Å². The summed E-state index contributed by atoms with van der Waals surface area (Å²) >= 11 is 0. The molecule has 0 radical (unpaired) electrons. The molecule has 42 heavy (non-hydrogen) atoms. The van der Waals surface area contributed by atoms with Crippen LogP contribution >= 0.6 is 0 Å². The van der Waals surface area contributed by atoms with Crippen molar-refractivity contribution in [3.8, 4) is 28.2 Å². The van der Waals surface area contributed by atoms with E-state index in [1.165, 1.54) is 0 Å². The molecule has 3 aromatic heterocycles. The summed E-state index contributed by atoms with van der Waals surface area (Å²) in [5, 5.41) is 18.5. The fourth-order valence-electron chi connectivity index (χ4n) is 5.31. The molecule has 3 aromatic carbocycles. The quantitative estimate of drug-likeness (QED) is 0.273. The lowest BCUT2D eigenvalue weighted by molar-refractivity contribution is 0.199. The van der Waals surface area contributed by atoms with E-state index in [1.807, 2.05) is 79.7 Å². The lowest BCUT2D eigenvalue weighted by Crippen LogP contribution is -2.28. The van der Waals surface area contributed by atoms with Crippen molar-refractivity contribution in [3.05, 3.63) is 122 Å². The van der Waals surface area contributed by atoms with Gasteiger partial charge in [-0.05, 0) is 54.7 Å². The number of fused-ring (bicyclic) bond motifs is 1. The van der Waals surface area contributed by atoms with E-state index in [1.54, 1.807) is 16.0 Å². The zero-order chi connectivity index (χ0) is 29.4. The maximum Gasteiger partial charge on any atom is 0.439 e. The Kier molecular flexibility index (Phi) is 7.13. The second kappa shape index (κ2) is 11.1. The summed E-state index contributed by atoms with van der Waals surface area (Å²) in [5.41, 5.74) is 6.32. The van der Waals surface area contributed by atoms with Crippen molar-refractivity contribution < 1.29 is 9.63 Å². The van der Waals surface area contributed by atoms with Gasteiger partial charge in [0.1, 0.15) is 5.82 Å². The lowest BCUT2D eigenvalue weighted by atomic mass is 9.96. The standard InChI is InChI=1S/C32H30N6O4/c1-4-7-28-27(30(40)37(31-33-20(3)35-38(28)31)24-16-14-22(15-17-24)19(2)39)18-21-10-12-23(13-11-21)25-8-5-6-9-26(25)29-34-32(41)42-36-29/h5-6,8-17,19,39H,4,7,18H2,1-3H3,(H,34,36,41). The first-order valence-corrected chi connectivity index (χ1v) is 13.9. The number of aliphatic hydroxyl groups is 1. The highest BCUT2D eigenvalue weighted by Gasteiger charge is 2.21. The molecule has 3 heterocycles. The monoisotopic (exact) mass is 562 g/mol. The van der Waals surface area contributed by atoms with Gasteiger partial charge in [-0.1, -0.05) is 79.2 Å². The van der Waals surface area contributed by atoms with E-state index in [4.69, 9.17) is 4.52 Å². The molecule has 0 saturated heterocycles. The van der Waals surface area contributed by atoms with Gasteiger partial charge in [-0.2, -0.15) is 10.1 Å². The minimum Gasteiger partial charge on any atom is -0.389 e. The normalized spacial score (nSPS) is 12.2. The maximum absolute atomic E-state index is 14.2. The zero-order valence-corrected chi connectivity index (χ0v) is 23.5. The van der Waals surface area contributed by atoms with E-state index in [-0.39, 0.29) is 5.56 Å². The first-order chi connectivity index (χ1) is 20.3. The molecule has 212 valence electrons. The average Bonchev–Trinajstić information content (AvgIpc) is 3.60. The molecule has 0 aliphatic heterocycles. The molecule has 0 fully saturated rings. The number of H-pyrrole nitrogens is 1. The van der Waals surface area contributed by atoms with Crippen LogP contribution in [0.3, 0.4) is 0 Å². The molecule has 2 N–H and O–H groups in total. The first kappa shape index (κ1) is 27.1. The zero-order valence-electron chi connectivity index (χ0n) is 23.5. The van der Waals surface area contributed by atoms with Gasteiger partial charge in [0.15, 0.2) is 5.82 Å². The van der Waals surface area contributed by atoms with E-state index in [2.05, 4.69) is 27.1 Å². The summed E-state index contributed by atoms with van der Waals surface area (Å²) in [6.45, 7) is 5.60. The summed E-state index contributed by atoms with van der Waals surface area (Å²) in [5.74, 6) is 0.798. The van der Waals surface area contributed by atoms with Gasteiger partial charge in [-0.15, -0.1) is 0 Å². The minimum absolute atomic E-state index is 0.146. The lowest BCUT2D eigenvalue weighted by Gasteiger charge is -2.16. The smallest absolute Gasteiger partial charge is 0.389 e. The molecule has 6 aromatic rings. The molecule has 0 bridgehead atoms. The van der Waals surface area contributed by atoms with E-state index in [9.17, 15) is 14.7 Å². The molecule has 10 nitrogen and oxygen atoms in total. The van der Waals surface area contributed by atoms with E-state index in [0.29, 0.717) is 41.5 Å². The third kappa shape index (κ3) is 4.97. The number of aryl methyl sites for hydroxylation is 2. The SMILES string of the molecule is CCCc1c(Cc2ccc(-c3ccccc3-c3noc(=O)[nH]3)cc2)c(=O)n(-c2ccc(C(C)O)cc2)c2nc(C)nn12. The number of aromatic nitrogens is 6. The highest BCUT2D eigenvalue weighted by molar-refractivity contribution is 5.80. The van der Waals surface area contributed by atoms with Gasteiger partial charge in [0, 0.05) is 17.5 Å². The number of nitrogens with zero attached hydrogens (tertiary/aromatic N) is 5. The molecule has 6 rings (SSSR count). The van der Waals surface area contributed by atoms with Crippen molar-refractivity contribution in [3.63, 3.8) is 0 Å². The van der Waals surface area contributed by atoms with Crippen molar-refractivity contribution in [2.45, 2.75) is 46.1 Å². The summed E-state index contributed by atoms with van der Waals surface area (Å²) in [4.78, 5) is 33.0. The Morgan fingerprint density at radius 2 is 1.69 bits per heavy atom. The minimum atomic E-state index is -0.609. The Morgan fingerprint density at radius 1 is 0.976 bits per heavy atom. The third-order valence-corrected chi connectivity index (χ3v) is 7.35. The Hall–Kier alpha value is -5.09. The van der Waals surface area contributed by atoms with Crippen molar-refractivity contribution in [2.75, 3.05) is 0 Å². The molecular weight excluding hydrogens is 532 g/mol. The van der Waals surface area contributed by atoms with Crippen molar-refractivity contribution in [1.29, 1.82) is 0 Å². The second-order valence-corrected chi connectivity index (χ2v) is 10.3. The molecular formula is C32H30N6O4. The number of aliphatic hydroxyl groups excluding tert-OH is 1. The Bertz CT molecular complexity index is 2000. The molecule has 0 amide bonds. The van der Waals surface area contributed by atoms with Crippen LogP contribution in [-0.2, 0) is 12.8 Å². The second-order valence-electron chi connectivity index (χ2n) is 10.3. The molecule has 0 spiro atoms. The third-order valence-electron chi connectivity index (χ3n) is 7.35. The predicted molar refractivity (Wildman–Crippen MR) is 159 cm³/mol. The number of rotatable bonds is 8. The summed E-state index contributed by atoms with van der Waals surface area (Å²) in [6, 6.07) is 22.9. The van der Waals surface area contributed by atoms with Crippen LogP contribution in [0.1, 0.15) is 54.6 Å². The number of hydrogen-bond donors (Lipinski definition) is 2. The Morgan fingerprint density at radius 3 is 2.33 bits per heavy atom. The summed E-state index contributed by atoms with van der Waals surface area (Å²) < 4.78 is 8.11. The molecule has 0 aliphatic carbocycles. The van der Waals surface area contributed by atoms with E-state index >= 15 is 0 Å². The topological polar surface area (TPSA) is 131 Å². The molecule has 0 saturated carbocycles. The number of aromatic amines is 1. The number of hydrogen-bond acceptors (Lipinski definition) is 7. The number of nitrogens with one attached hydrogen (secondary N) is 1. The van der Waals surface area contributed by atoms with Crippen molar-refractivity contribution in [2.24, 2.45) is 0 Å². The van der Waals surface area contributed by atoms with Gasteiger partial charge >= 0.3 is 5.76 Å². The van der Waals surface area contributed by atoms with Gasteiger partial charge < -0.3 is 5.11 Å². The van der Waals surface area contributed by atoms with Crippen LogP contribution in [0.15, 0.2) is 86.9 Å². The summed E-state index contributed by atoms with van der Waals surface area (Å²) in [6.07, 6.45) is 1.31. The fourth-order valence-corrected chi connectivity index (χ4v) is 5.31. The Labute approximate surface area is 240 Å². The first-order valence-electron chi connectivity index (χ1n) is 13.9.